The average Bonchev–Trinajstić information content (AvgIpc) is 3.45. The van der Waals surface area contributed by atoms with Crippen LogP contribution in [0.4, 0.5) is 18.9 Å². The number of anilines is 1. The van der Waals surface area contributed by atoms with E-state index in [0.29, 0.717) is 5.69 Å². The summed E-state index contributed by atoms with van der Waals surface area (Å²) >= 11 is -0.219. The van der Waals surface area contributed by atoms with Crippen LogP contribution in [0.1, 0.15) is 28.8 Å². The molecule has 0 saturated heterocycles. The second-order valence-electron chi connectivity index (χ2n) is 6.22. The molecule has 8 heteroatoms. The Bertz CT molecular complexity index is 816. The number of alkyl halides is 3. The van der Waals surface area contributed by atoms with Crippen molar-refractivity contribution >= 4 is 29.3 Å². The van der Waals surface area contributed by atoms with Gasteiger partial charge in [0.1, 0.15) is 0 Å². The molecule has 1 fully saturated rings. The van der Waals surface area contributed by atoms with E-state index in [9.17, 15) is 22.8 Å². The van der Waals surface area contributed by atoms with Crippen LogP contribution in [0.25, 0.3) is 0 Å². The summed E-state index contributed by atoms with van der Waals surface area (Å²) in [7, 11) is 0. The Balaban J connectivity index is 1.50. The molecule has 27 heavy (non-hydrogen) atoms. The van der Waals surface area contributed by atoms with Gasteiger partial charge in [-0.15, -0.1) is 0 Å². The molecule has 142 valence electrons. The first kappa shape index (κ1) is 19.3. The molecule has 0 atom stereocenters. The zero-order valence-electron chi connectivity index (χ0n) is 14.2. The largest absolute Gasteiger partial charge is 0.446 e. The standard InChI is InChI=1S/C19H17F3N2O2S/c20-19(21,22)27-16-9-5-13(6-10-16)17(25)23-11-12-1-7-15(8-2-12)24-18(26)14-3-4-14/h1-2,5-10,14H,3-4,11H2,(H,23,25)(H,24,26). The number of nitrogens with one attached hydrogen (secondary N) is 2. The summed E-state index contributed by atoms with van der Waals surface area (Å²) in [6, 6.07) is 12.4. The molecule has 4 nitrogen and oxygen atoms in total. The Kier molecular flexibility index (Phi) is 5.74. The maximum Gasteiger partial charge on any atom is 0.446 e. The molecule has 0 spiro atoms. The first-order chi connectivity index (χ1) is 12.8. The molecule has 0 heterocycles. The number of halogens is 3. The van der Waals surface area contributed by atoms with Crippen molar-refractivity contribution in [2.75, 3.05) is 5.32 Å². The molecule has 2 amide bonds. The highest BCUT2D eigenvalue weighted by atomic mass is 32.2. The normalized spacial score (nSPS) is 13.9. The number of carbonyl (C=O) groups excluding carboxylic acids is 2. The van der Waals surface area contributed by atoms with Crippen molar-refractivity contribution in [3.8, 4) is 0 Å². The number of rotatable bonds is 6. The molecule has 2 aromatic rings. The van der Waals surface area contributed by atoms with Crippen LogP contribution in [0.3, 0.4) is 0 Å². The van der Waals surface area contributed by atoms with Gasteiger partial charge in [0.25, 0.3) is 5.91 Å². The van der Waals surface area contributed by atoms with Crippen molar-refractivity contribution in [2.45, 2.75) is 29.8 Å². The molecule has 0 radical (unpaired) electrons. The van der Waals surface area contributed by atoms with Gasteiger partial charge in [0.05, 0.1) is 0 Å². The van der Waals surface area contributed by atoms with Gasteiger partial charge in [-0.25, -0.2) is 0 Å². The molecule has 2 aromatic carbocycles. The lowest BCUT2D eigenvalue weighted by molar-refractivity contribution is -0.117. The summed E-state index contributed by atoms with van der Waals surface area (Å²) < 4.78 is 36.9. The Hall–Kier alpha value is -2.48. The van der Waals surface area contributed by atoms with Gasteiger partial charge in [-0.1, -0.05) is 12.1 Å². The lowest BCUT2D eigenvalue weighted by Gasteiger charge is -2.09. The van der Waals surface area contributed by atoms with Crippen molar-refractivity contribution in [1.82, 2.24) is 5.32 Å². The first-order valence-electron chi connectivity index (χ1n) is 8.34. The molecular weight excluding hydrogens is 377 g/mol. The average molecular weight is 394 g/mol. The lowest BCUT2D eigenvalue weighted by atomic mass is 10.2. The maximum absolute atomic E-state index is 12.3. The molecular formula is C19H17F3N2O2S. The number of amides is 2. The van der Waals surface area contributed by atoms with Gasteiger partial charge < -0.3 is 10.6 Å². The molecule has 3 rings (SSSR count). The van der Waals surface area contributed by atoms with Gasteiger partial charge in [-0.3, -0.25) is 9.59 Å². The fourth-order valence-corrected chi connectivity index (χ4v) is 2.93. The highest BCUT2D eigenvalue weighted by Gasteiger charge is 2.30. The molecule has 0 bridgehead atoms. The minimum Gasteiger partial charge on any atom is -0.348 e. The van der Waals surface area contributed by atoms with E-state index < -0.39 is 5.51 Å². The third-order valence-electron chi connectivity index (χ3n) is 3.97. The highest BCUT2D eigenvalue weighted by Crippen LogP contribution is 2.36. The van der Waals surface area contributed by atoms with Gasteiger partial charge in [0.15, 0.2) is 0 Å². The minimum absolute atomic E-state index is 0.0304. The van der Waals surface area contributed by atoms with Crippen LogP contribution in [-0.4, -0.2) is 17.3 Å². The predicted octanol–water partition coefficient (Wildman–Crippen LogP) is 4.58. The molecule has 1 saturated carbocycles. The Morgan fingerprint density at radius 2 is 1.63 bits per heavy atom. The van der Waals surface area contributed by atoms with Crippen molar-refractivity contribution < 1.29 is 22.8 Å². The number of benzene rings is 2. The van der Waals surface area contributed by atoms with E-state index in [-0.39, 0.29) is 46.5 Å². The third-order valence-corrected chi connectivity index (χ3v) is 4.71. The van der Waals surface area contributed by atoms with Crippen molar-refractivity contribution in [3.05, 3.63) is 59.7 Å². The van der Waals surface area contributed by atoms with Gasteiger partial charge in [-0.05, 0) is 66.6 Å². The molecule has 1 aliphatic rings. The summed E-state index contributed by atoms with van der Waals surface area (Å²) in [5.41, 5.74) is -2.51. The van der Waals surface area contributed by atoms with Crippen molar-refractivity contribution in [2.24, 2.45) is 5.92 Å². The highest BCUT2D eigenvalue weighted by molar-refractivity contribution is 8.00. The Morgan fingerprint density at radius 1 is 1.00 bits per heavy atom. The number of thioether (sulfide) groups is 1. The van der Waals surface area contributed by atoms with E-state index in [1.54, 1.807) is 24.3 Å². The Labute approximate surface area is 158 Å². The van der Waals surface area contributed by atoms with E-state index in [1.807, 2.05) is 0 Å². The summed E-state index contributed by atoms with van der Waals surface area (Å²) in [6.07, 6.45) is 1.87. The summed E-state index contributed by atoms with van der Waals surface area (Å²) in [5.74, 6) is -0.210. The van der Waals surface area contributed by atoms with E-state index in [0.717, 1.165) is 18.4 Å². The SMILES string of the molecule is O=C(NCc1ccc(NC(=O)C2CC2)cc1)c1ccc(SC(F)(F)F)cc1. The van der Waals surface area contributed by atoms with E-state index in [4.69, 9.17) is 0 Å². The third kappa shape index (κ3) is 6.02. The molecule has 0 aromatic heterocycles. The predicted molar refractivity (Wildman–Crippen MR) is 97.3 cm³/mol. The first-order valence-corrected chi connectivity index (χ1v) is 9.15. The lowest BCUT2D eigenvalue weighted by Crippen LogP contribution is -2.22. The monoisotopic (exact) mass is 394 g/mol. The smallest absolute Gasteiger partial charge is 0.348 e. The van der Waals surface area contributed by atoms with Gasteiger partial charge in [-0.2, -0.15) is 13.2 Å². The summed E-state index contributed by atoms with van der Waals surface area (Å²) in [6.45, 7) is 0.273. The van der Waals surface area contributed by atoms with Crippen LogP contribution >= 0.6 is 11.8 Å². The van der Waals surface area contributed by atoms with E-state index in [2.05, 4.69) is 10.6 Å². The molecule has 0 unspecified atom stereocenters. The minimum atomic E-state index is -4.35. The van der Waals surface area contributed by atoms with Gasteiger partial charge in [0, 0.05) is 28.6 Å². The van der Waals surface area contributed by atoms with Gasteiger partial charge >= 0.3 is 5.51 Å². The van der Waals surface area contributed by atoms with Gasteiger partial charge in [0.2, 0.25) is 5.91 Å². The fourth-order valence-electron chi connectivity index (χ4n) is 2.39. The number of hydrogen-bond donors (Lipinski definition) is 2. The van der Waals surface area contributed by atoms with Crippen LogP contribution in [0.2, 0.25) is 0 Å². The zero-order chi connectivity index (χ0) is 19.4. The number of hydrogen-bond acceptors (Lipinski definition) is 3. The Morgan fingerprint density at radius 3 is 2.19 bits per heavy atom. The van der Waals surface area contributed by atoms with Crippen LogP contribution in [0, 0.1) is 5.92 Å². The van der Waals surface area contributed by atoms with Crippen LogP contribution < -0.4 is 10.6 Å². The van der Waals surface area contributed by atoms with E-state index in [1.165, 1.54) is 24.3 Å². The summed E-state index contributed by atoms with van der Waals surface area (Å²) in [5, 5.41) is 5.55. The molecule has 2 N–H and O–H groups in total. The number of carbonyl (C=O) groups is 2. The van der Waals surface area contributed by atoms with Crippen molar-refractivity contribution in [1.29, 1.82) is 0 Å². The second kappa shape index (κ2) is 8.04. The van der Waals surface area contributed by atoms with Crippen molar-refractivity contribution in [3.63, 3.8) is 0 Å². The summed E-state index contributed by atoms with van der Waals surface area (Å²) in [4.78, 5) is 23.8. The topological polar surface area (TPSA) is 58.2 Å². The van der Waals surface area contributed by atoms with Crippen LogP contribution in [0.15, 0.2) is 53.4 Å². The quantitative estimate of drug-likeness (QED) is 0.706. The fraction of sp³-hybridized carbons (Fsp3) is 0.263. The van der Waals surface area contributed by atoms with E-state index >= 15 is 0 Å². The second-order valence-corrected chi connectivity index (χ2v) is 7.35. The van der Waals surface area contributed by atoms with Crippen LogP contribution in [-0.2, 0) is 11.3 Å². The molecule has 0 aliphatic heterocycles. The molecule has 1 aliphatic carbocycles. The maximum atomic E-state index is 12.3. The zero-order valence-corrected chi connectivity index (χ0v) is 15.0. The van der Waals surface area contributed by atoms with Crippen LogP contribution in [0.5, 0.6) is 0 Å².